The van der Waals surface area contributed by atoms with E-state index in [1.165, 1.54) is 0 Å². The van der Waals surface area contributed by atoms with Crippen LogP contribution < -0.4 is 0 Å². The average molecular weight is 225 g/mol. The monoisotopic (exact) mass is 225 g/mol. The third-order valence-electron chi connectivity index (χ3n) is 4.02. The van der Waals surface area contributed by atoms with Crippen LogP contribution >= 0.6 is 0 Å². The van der Waals surface area contributed by atoms with Crippen LogP contribution in [-0.2, 0) is 9.53 Å². The van der Waals surface area contributed by atoms with Gasteiger partial charge in [-0.15, -0.1) is 0 Å². The van der Waals surface area contributed by atoms with Gasteiger partial charge in [-0.2, -0.15) is 0 Å². The second-order valence-electron chi connectivity index (χ2n) is 5.02. The molecule has 2 fully saturated rings. The van der Waals surface area contributed by atoms with Gasteiger partial charge in [-0.1, -0.05) is 6.92 Å². The number of hydrogen-bond acceptors (Lipinski definition) is 3. The highest BCUT2D eigenvalue weighted by molar-refractivity contribution is 5.82. The molecule has 2 aliphatic rings. The number of rotatable bonds is 4. The first-order valence-corrected chi connectivity index (χ1v) is 6.65. The molecule has 2 atom stereocenters. The van der Waals surface area contributed by atoms with Crippen molar-refractivity contribution in [1.82, 2.24) is 4.90 Å². The van der Waals surface area contributed by atoms with Crippen LogP contribution in [0.3, 0.4) is 0 Å². The van der Waals surface area contributed by atoms with E-state index in [0.29, 0.717) is 17.7 Å². The molecule has 0 bridgehead atoms. The average Bonchev–Trinajstić information content (AvgIpc) is 2.72. The second kappa shape index (κ2) is 5.78. The maximum absolute atomic E-state index is 11.6. The zero-order valence-electron chi connectivity index (χ0n) is 10.3. The Balaban J connectivity index is 1.77. The van der Waals surface area contributed by atoms with Gasteiger partial charge in [0.2, 0.25) is 0 Å². The van der Waals surface area contributed by atoms with E-state index in [9.17, 15) is 4.79 Å². The van der Waals surface area contributed by atoms with Crippen LogP contribution in [0.4, 0.5) is 0 Å². The third kappa shape index (κ3) is 2.83. The fourth-order valence-electron chi connectivity index (χ4n) is 2.87. The Bertz CT molecular complexity index is 242. The van der Waals surface area contributed by atoms with Gasteiger partial charge in [0.25, 0.3) is 0 Å². The summed E-state index contributed by atoms with van der Waals surface area (Å²) in [6, 6.07) is 0.574. The van der Waals surface area contributed by atoms with Gasteiger partial charge in [-0.25, -0.2) is 0 Å². The lowest BCUT2D eigenvalue weighted by Crippen LogP contribution is -2.45. The summed E-state index contributed by atoms with van der Waals surface area (Å²) in [7, 11) is 0. The lowest BCUT2D eigenvalue weighted by atomic mass is 10.0. The Labute approximate surface area is 98.1 Å². The molecule has 1 saturated carbocycles. The Kier molecular flexibility index (Phi) is 4.36. The van der Waals surface area contributed by atoms with Crippen LogP contribution in [0.2, 0.25) is 0 Å². The van der Waals surface area contributed by atoms with E-state index in [2.05, 4.69) is 11.8 Å². The van der Waals surface area contributed by atoms with E-state index in [4.69, 9.17) is 4.74 Å². The predicted molar refractivity (Wildman–Crippen MR) is 63.4 cm³/mol. The van der Waals surface area contributed by atoms with Crippen LogP contribution in [0.25, 0.3) is 0 Å². The van der Waals surface area contributed by atoms with Crippen molar-refractivity contribution >= 4 is 5.78 Å². The Morgan fingerprint density at radius 2 is 2.38 bits per heavy atom. The van der Waals surface area contributed by atoms with Gasteiger partial charge >= 0.3 is 0 Å². The Hall–Kier alpha value is -0.410. The molecule has 1 saturated heterocycles. The first-order chi connectivity index (χ1) is 7.81. The molecule has 2 unspecified atom stereocenters. The summed E-state index contributed by atoms with van der Waals surface area (Å²) >= 11 is 0. The largest absolute Gasteiger partial charge is 0.378 e. The fourth-order valence-corrected chi connectivity index (χ4v) is 2.87. The highest BCUT2D eigenvalue weighted by Gasteiger charge is 2.27. The van der Waals surface area contributed by atoms with Crippen LogP contribution in [-0.4, -0.2) is 43.0 Å². The Morgan fingerprint density at radius 3 is 3.06 bits per heavy atom. The summed E-state index contributed by atoms with van der Waals surface area (Å²) in [6.07, 6.45) is 5.28. The number of carbonyl (C=O) groups is 1. The first kappa shape index (κ1) is 12.1. The van der Waals surface area contributed by atoms with Crippen molar-refractivity contribution in [2.24, 2.45) is 5.92 Å². The normalized spacial score (nSPS) is 32.2. The molecule has 1 aliphatic carbocycles. The van der Waals surface area contributed by atoms with E-state index >= 15 is 0 Å². The van der Waals surface area contributed by atoms with E-state index < -0.39 is 0 Å². The lowest BCUT2D eigenvalue weighted by molar-refractivity contribution is -0.121. The smallest absolute Gasteiger partial charge is 0.136 e. The minimum atomic E-state index is 0.361. The Morgan fingerprint density at radius 1 is 1.50 bits per heavy atom. The molecular formula is C13H23NO2. The van der Waals surface area contributed by atoms with Crippen molar-refractivity contribution in [3.05, 3.63) is 0 Å². The van der Waals surface area contributed by atoms with Gasteiger partial charge in [0.15, 0.2) is 0 Å². The SMILES string of the molecule is CCC1COCCN1CCC1CCCC1=O. The molecule has 1 aliphatic heterocycles. The van der Waals surface area contributed by atoms with Crippen LogP contribution in [0.5, 0.6) is 0 Å². The van der Waals surface area contributed by atoms with Crippen molar-refractivity contribution in [2.75, 3.05) is 26.3 Å². The summed E-state index contributed by atoms with van der Waals surface area (Å²) in [5.41, 5.74) is 0. The minimum Gasteiger partial charge on any atom is -0.378 e. The molecular weight excluding hydrogens is 202 g/mol. The molecule has 0 aromatic carbocycles. The molecule has 1 heterocycles. The van der Waals surface area contributed by atoms with E-state index in [-0.39, 0.29) is 0 Å². The van der Waals surface area contributed by atoms with Crippen molar-refractivity contribution in [1.29, 1.82) is 0 Å². The number of ketones is 1. The number of nitrogens with zero attached hydrogens (tertiary/aromatic N) is 1. The molecule has 0 radical (unpaired) electrons. The zero-order valence-corrected chi connectivity index (χ0v) is 10.3. The van der Waals surface area contributed by atoms with E-state index in [0.717, 1.165) is 58.4 Å². The van der Waals surface area contributed by atoms with Gasteiger partial charge in [0.05, 0.1) is 13.2 Å². The number of morpholine rings is 1. The van der Waals surface area contributed by atoms with Crippen molar-refractivity contribution in [2.45, 2.75) is 45.1 Å². The molecule has 0 amide bonds. The molecule has 16 heavy (non-hydrogen) atoms. The number of hydrogen-bond donors (Lipinski definition) is 0. The lowest BCUT2D eigenvalue weighted by Gasteiger charge is -2.35. The minimum absolute atomic E-state index is 0.361. The van der Waals surface area contributed by atoms with Gasteiger partial charge in [-0.3, -0.25) is 9.69 Å². The molecule has 92 valence electrons. The standard InChI is InChI=1S/C13H23NO2/c1-2-12-10-16-9-8-14(12)7-6-11-4-3-5-13(11)15/h11-12H,2-10H2,1H3. The second-order valence-corrected chi connectivity index (χ2v) is 5.02. The summed E-state index contributed by atoms with van der Waals surface area (Å²) in [5, 5.41) is 0. The van der Waals surface area contributed by atoms with Crippen LogP contribution in [0.1, 0.15) is 39.0 Å². The maximum atomic E-state index is 11.6. The third-order valence-corrected chi connectivity index (χ3v) is 4.02. The predicted octanol–water partition coefficient (Wildman–Crippen LogP) is 1.86. The van der Waals surface area contributed by atoms with Gasteiger partial charge in [0, 0.05) is 24.9 Å². The molecule has 0 aromatic heterocycles. The number of carbonyl (C=O) groups excluding carboxylic acids is 1. The topological polar surface area (TPSA) is 29.5 Å². The van der Waals surface area contributed by atoms with E-state index in [1.54, 1.807) is 0 Å². The zero-order chi connectivity index (χ0) is 11.4. The molecule has 0 aromatic rings. The molecule has 3 heteroatoms. The first-order valence-electron chi connectivity index (χ1n) is 6.65. The molecule has 2 rings (SSSR count). The van der Waals surface area contributed by atoms with Crippen LogP contribution in [0.15, 0.2) is 0 Å². The molecule has 3 nitrogen and oxygen atoms in total. The number of ether oxygens (including phenoxy) is 1. The van der Waals surface area contributed by atoms with Crippen LogP contribution in [0, 0.1) is 5.92 Å². The summed E-state index contributed by atoms with van der Waals surface area (Å²) < 4.78 is 5.49. The number of Topliss-reactive ketones (excluding diaryl/α,β-unsaturated/α-hetero) is 1. The molecule has 0 spiro atoms. The van der Waals surface area contributed by atoms with Crippen molar-refractivity contribution < 1.29 is 9.53 Å². The summed E-state index contributed by atoms with van der Waals surface area (Å²) in [5.74, 6) is 0.863. The van der Waals surface area contributed by atoms with Gasteiger partial charge < -0.3 is 4.74 Å². The van der Waals surface area contributed by atoms with Crippen molar-refractivity contribution in [3.8, 4) is 0 Å². The summed E-state index contributed by atoms with van der Waals surface area (Å²) in [6.45, 7) is 6.06. The maximum Gasteiger partial charge on any atom is 0.136 e. The fraction of sp³-hybridized carbons (Fsp3) is 0.923. The molecule has 0 N–H and O–H groups in total. The quantitative estimate of drug-likeness (QED) is 0.731. The highest BCUT2D eigenvalue weighted by Crippen LogP contribution is 2.25. The van der Waals surface area contributed by atoms with Gasteiger partial charge in [0.1, 0.15) is 5.78 Å². The highest BCUT2D eigenvalue weighted by atomic mass is 16.5. The van der Waals surface area contributed by atoms with Gasteiger partial charge in [-0.05, 0) is 32.2 Å². The summed E-state index contributed by atoms with van der Waals surface area (Å²) in [4.78, 5) is 14.1. The van der Waals surface area contributed by atoms with Crippen molar-refractivity contribution in [3.63, 3.8) is 0 Å². The van der Waals surface area contributed by atoms with E-state index in [1.807, 2.05) is 0 Å².